The highest BCUT2D eigenvalue weighted by Crippen LogP contribution is 2.24. The summed E-state index contributed by atoms with van der Waals surface area (Å²) >= 11 is 0. The van der Waals surface area contributed by atoms with Crippen molar-refractivity contribution in [3.63, 3.8) is 0 Å². The van der Waals surface area contributed by atoms with Crippen molar-refractivity contribution >= 4 is 21.9 Å². The van der Waals surface area contributed by atoms with Crippen LogP contribution in [0.3, 0.4) is 0 Å². The second-order valence-electron chi connectivity index (χ2n) is 7.65. The lowest BCUT2D eigenvalue weighted by molar-refractivity contribution is 0.180. The summed E-state index contributed by atoms with van der Waals surface area (Å²) in [5, 5.41) is 0.660. The first-order valence-corrected chi connectivity index (χ1v) is 10.1. The number of H-pyrrole nitrogens is 1. The van der Waals surface area contributed by atoms with Gasteiger partial charge in [0.1, 0.15) is 0 Å². The SMILES string of the molecule is O=c1c2ccccc2ncn1CCN1CCC(n2c(=O)[nH]c3ccccc32)CC1. The zero-order valence-corrected chi connectivity index (χ0v) is 16.1. The normalized spacial score (nSPS) is 16.0. The Bertz CT molecular complexity index is 1280. The summed E-state index contributed by atoms with van der Waals surface area (Å²) in [5.41, 5.74) is 2.58. The monoisotopic (exact) mass is 389 g/mol. The summed E-state index contributed by atoms with van der Waals surface area (Å²) < 4.78 is 3.60. The molecule has 0 unspecified atom stereocenters. The molecule has 4 aromatic rings. The van der Waals surface area contributed by atoms with E-state index in [1.54, 1.807) is 10.9 Å². The van der Waals surface area contributed by atoms with Crippen molar-refractivity contribution in [2.75, 3.05) is 19.6 Å². The highest BCUT2D eigenvalue weighted by Gasteiger charge is 2.23. The summed E-state index contributed by atoms with van der Waals surface area (Å²) in [6, 6.07) is 15.5. The Hall–Kier alpha value is -3.19. The molecule has 0 radical (unpaired) electrons. The number of nitrogens with zero attached hydrogens (tertiary/aromatic N) is 4. The maximum absolute atomic E-state index is 12.6. The van der Waals surface area contributed by atoms with Crippen LogP contribution < -0.4 is 11.2 Å². The molecule has 2 aromatic carbocycles. The Labute approximate surface area is 167 Å². The topological polar surface area (TPSA) is 75.9 Å². The van der Waals surface area contributed by atoms with Gasteiger partial charge in [0.2, 0.25) is 0 Å². The van der Waals surface area contributed by atoms with E-state index in [0.29, 0.717) is 11.9 Å². The van der Waals surface area contributed by atoms with Gasteiger partial charge >= 0.3 is 5.69 Å². The van der Waals surface area contributed by atoms with Crippen molar-refractivity contribution < 1.29 is 0 Å². The number of aromatic nitrogens is 4. The largest absolute Gasteiger partial charge is 0.326 e. The lowest BCUT2D eigenvalue weighted by Crippen LogP contribution is -2.39. The number of benzene rings is 2. The molecule has 7 heteroatoms. The number of para-hydroxylation sites is 3. The third kappa shape index (κ3) is 3.27. The Balaban J connectivity index is 1.26. The fourth-order valence-electron chi connectivity index (χ4n) is 4.35. The number of likely N-dealkylation sites (tertiary alicyclic amines) is 1. The molecule has 7 nitrogen and oxygen atoms in total. The maximum Gasteiger partial charge on any atom is 0.326 e. The van der Waals surface area contributed by atoms with Gasteiger partial charge in [-0.25, -0.2) is 9.78 Å². The molecule has 2 aromatic heterocycles. The minimum atomic E-state index is -0.0292. The number of rotatable bonds is 4. The van der Waals surface area contributed by atoms with Crippen molar-refractivity contribution in [2.24, 2.45) is 0 Å². The molecule has 0 atom stereocenters. The van der Waals surface area contributed by atoms with E-state index in [1.165, 1.54) is 0 Å². The Kier molecular flexibility index (Phi) is 4.52. The van der Waals surface area contributed by atoms with Crippen LogP contribution in [0.1, 0.15) is 18.9 Å². The first-order chi connectivity index (χ1) is 14.2. The standard InChI is InChI=1S/C22H23N5O2/c28-21-17-5-1-2-6-18(17)23-15-26(21)14-13-25-11-9-16(10-12-25)27-20-8-4-3-7-19(20)24-22(27)29/h1-8,15-16H,9-14H2,(H,24,29). The number of aromatic amines is 1. The Morgan fingerprint density at radius 3 is 2.59 bits per heavy atom. The van der Waals surface area contributed by atoms with Crippen LogP contribution in [0.2, 0.25) is 0 Å². The van der Waals surface area contributed by atoms with Gasteiger partial charge in [-0.3, -0.25) is 13.9 Å². The zero-order chi connectivity index (χ0) is 19.8. The molecule has 1 aliphatic rings. The predicted octanol–water partition coefficient (Wildman–Crippen LogP) is 2.38. The third-order valence-corrected chi connectivity index (χ3v) is 5.93. The van der Waals surface area contributed by atoms with Gasteiger partial charge in [0.05, 0.1) is 28.3 Å². The fourth-order valence-corrected chi connectivity index (χ4v) is 4.35. The van der Waals surface area contributed by atoms with E-state index in [0.717, 1.165) is 49.0 Å². The van der Waals surface area contributed by atoms with Crippen LogP contribution in [0.5, 0.6) is 0 Å². The van der Waals surface area contributed by atoms with Crippen molar-refractivity contribution in [3.8, 4) is 0 Å². The van der Waals surface area contributed by atoms with Crippen LogP contribution in [-0.4, -0.2) is 43.6 Å². The van der Waals surface area contributed by atoms with Gasteiger partial charge in [0.25, 0.3) is 5.56 Å². The average molecular weight is 389 g/mol. The summed E-state index contributed by atoms with van der Waals surface area (Å²) in [6.45, 7) is 3.24. The average Bonchev–Trinajstić information content (AvgIpc) is 3.09. The summed E-state index contributed by atoms with van der Waals surface area (Å²) in [5.74, 6) is 0. The molecule has 1 fully saturated rings. The molecule has 29 heavy (non-hydrogen) atoms. The second-order valence-corrected chi connectivity index (χ2v) is 7.65. The van der Waals surface area contributed by atoms with E-state index in [4.69, 9.17) is 0 Å². The quantitative estimate of drug-likeness (QED) is 0.581. The summed E-state index contributed by atoms with van der Waals surface area (Å²) in [7, 11) is 0. The van der Waals surface area contributed by atoms with Crippen LogP contribution in [0, 0.1) is 0 Å². The number of hydrogen-bond acceptors (Lipinski definition) is 4. The Morgan fingerprint density at radius 2 is 1.72 bits per heavy atom. The number of imidazole rings is 1. The minimum absolute atomic E-state index is 0.0100. The molecule has 148 valence electrons. The van der Waals surface area contributed by atoms with Gasteiger partial charge in [-0.2, -0.15) is 0 Å². The molecule has 1 N–H and O–H groups in total. The van der Waals surface area contributed by atoms with E-state index in [1.807, 2.05) is 53.1 Å². The van der Waals surface area contributed by atoms with Crippen LogP contribution in [0.15, 0.2) is 64.4 Å². The Morgan fingerprint density at radius 1 is 0.966 bits per heavy atom. The van der Waals surface area contributed by atoms with Crippen molar-refractivity contribution in [3.05, 3.63) is 75.7 Å². The lowest BCUT2D eigenvalue weighted by Gasteiger charge is -2.32. The van der Waals surface area contributed by atoms with E-state index in [9.17, 15) is 9.59 Å². The molecule has 1 saturated heterocycles. The van der Waals surface area contributed by atoms with Gasteiger partial charge in [-0.05, 0) is 37.1 Å². The molecule has 0 bridgehead atoms. The molecule has 0 spiro atoms. The number of nitrogens with one attached hydrogen (secondary N) is 1. The zero-order valence-electron chi connectivity index (χ0n) is 16.1. The highest BCUT2D eigenvalue weighted by atomic mass is 16.1. The minimum Gasteiger partial charge on any atom is -0.306 e. The highest BCUT2D eigenvalue weighted by molar-refractivity contribution is 5.77. The molecule has 3 heterocycles. The van der Waals surface area contributed by atoms with Gasteiger partial charge in [-0.1, -0.05) is 24.3 Å². The van der Waals surface area contributed by atoms with Gasteiger partial charge in [0, 0.05) is 32.2 Å². The maximum atomic E-state index is 12.6. The van der Waals surface area contributed by atoms with Crippen molar-refractivity contribution in [1.29, 1.82) is 0 Å². The summed E-state index contributed by atoms with van der Waals surface area (Å²) in [4.78, 5) is 34.8. The molecule has 0 aliphatic carbocycles. The van der Waals surface area contributed by atoms with Crippen LogP contribution in [-0.2, 0) is 6.54 Å². The van der Waals surface area contributed by atoms with E-state index >= 15 is 0 Å². The lowest BCUT2D eigenvalue weighted by atomic mass is 10.0. The molecule has 0 amide bonds. The summed E-state index contributed by atoms with van der Waals surface area (Å²) in [6.07, 6.45) is 3.49. The number of fused-ring (bicyclic) bond motifs is 2. The molecule has 5 rings (SSSR count). The third-order valence-electron chi connectivity index (χ3n) is 5.93. The van der Waals surface area contributed by atoms with E-state index < -0.39 is 0 Å². The first kappa shape index (κ1) is 17.9. The van der Waals surface area contributed by atoms with Gasteiger partial charge in [0.15, 0.2) is 0 Å². The van der Waals surface area contributed by atoms with Crippen LogP contribution in [0.4, 0.5) is 0 Å². The first-order valence-electron chi connectivity index (χ1n) is 10.1. The van der Waals surface area contributed by atoms with Gasteiger partial charge in [-0.15, -0.1) is 0 Å². The molecular weight excluding hydrogens is 366 g/mol. The van der Waals surface area contributed by atoms with Crippen molar-refractivity contribution in [1.82, 2.24) is 24.0 Å². The second kappa shape index (κ2) is 7.33. The van der Waals surface area contributed by atoms with Crippen LogP contribution >= 0.6 is 0 Å². The molecular formula is C22H23N5O2. The van der Waals surface area contributed by atoms with Crippen LogP contribution in [0.25, 0.3) is 21.9 Å². The van der Waals surface area contributed by atoms with Gasteiger partial charge < -0.3 is 9.88 Å². The smallest absolute Gasteiger partial charge is 0.306 e. The number of hydrogen-bond donors (Lipinski definition) is 1. The molecule has 1 aliphatic heterocycles. The van der Waals surface area contributed by atoms with E-state index in [2.05, 4.69) is 14.9 Å². The van der Waals surface area contributed by atoms with E-state index in [-0.39, 0.29) is 17.3 Å². The number of piperidine rings is 1. The van der Waals surface area contributed by atoms with Crippen molar-refractivity contribution in [2.45, 2.75) is 25.4 Å². The predicted molar refractivity (Wildman–Crippen MR) is 113 cm³/mol. The fraction of sp³-hybridized carbons (Fsp3) is 0.318. The molecule has 0 saturated carbocycles.